The summed E-state index contributed by atoms with van der Waals surface area (Å²) in [4.78, 5) is 14.4. The smallest absolute Gasteiger partial charge is 0.238 e. The van der Waals surface area contributed by atoms with Gasteiger partial charge in [-0.1, -0.05) is 0 Å². The molecule has 1 saturated carbocycles. The molecule has 0 radical (unpaired) electrons. The number of carbonyl (C=O) groups is 1. The van der Waals surface area contributed by atoms with Gasteiger partial charge in [0.2, 0.25) is 15.9 Å². The van der Waals surface area contributed by atoms with Gasteiger partial charge >= 0.3 is 0 Å². The van der Waals surface area contributed by atoms with Crippen LogP contribution >= 0.6 is 0 Å². The average Bonchev–Trinajstić information content (AvgIpc) is 2.99. The largest absolute Gasteiger partial charge is 0.467 e. The summed E-state index contributed by atoms with van der Waals surface area (Å²) in [6.07, 6.45) is 6.29. The topological polar surface area (TPSA) is 80.1 Å². The number of furan rings is 1. The van der Waals surface area contributed by atoms with Gasteiger partial charge in [-0.15, -0.1) is 0 Å². The molecule has 2 heterocycles. The molecule has 1 aliphatic heterocycles. The summed E-state index contributed by atoms with van der Waals surface area (Å²) in [6, 6.07) is 3.55. The Kier molecular flexibility index (Phi) is 5.27. The summed E-state index contributed by atoms with van der Waals surface area (Å²) < 4.78 is 36.2. The van der Waals surface area contributed by atoms with Crippen LogP contribution in [0.4, 0.5) is 0 Å². The summed E-state index contributed by atoms with van der Waals surface area (Å²) in [5.74, 6) is 0.470. The summed E-state index contributed by atoms with van der Waals surface area (Å²) >= 11 is 0. The van der Waals surface area contributed by atoms with Gasteiger partial charge in [0.25, 0.3) is 0 Å². The molecule has 7 nitrogen and oxygen atoms in total. The molecule has 2 fully saturated rings. The molecule has 1 aliphatic carbocycles. The van der Waals surface area contributed by atoms with Crippen molar-refractivity contribution in [2.24, 2.45) is 0 Å². The molecule has 0 aromatic carbocycles. The van der Waals surface area contributed by atoms with Crippen LogP contribution in [-0.4, -0.2) is 61.6 Å². The second-order valence-electron chi connectivity index (χ2n) is 6.53. The Morgan fingerprint density at radius 1 is 1.33 bits per heavy atom. The molecule has 2 aliphatic rings. The van der Waals surface area contributed by atoms with Gasteiger partial charge in [-0.3, -0.25) is 4.79 Å². The molecular formula is C16H24N2O5S. The zero-order chi connectivity index (χ0) is 17.2. The first-order valence-corrected chi connectivity index (χ1v) is 10.2. The van der Waals surface area contributed by atoms with Gasteiger partial charge in [0.15, 0.2) is 0 Å². The first kappa shape index (κ1) is 17.4. The number of rotatable bonds is 8. The van der Waals surface area contributed by atoms with Crippen LogP contribution in [0.3, 0.4) is 0 Å². The molecule has 0 spiro atoms. The fourth-order valence-corrected chi connectivity index (χ4v) is 4.09. The van der Waals surface area contributed by atoms with Gasteiger partial charge in [-0.05, 0) is 37.8 Å². The van der Waals surface area contributed by atoms with Gasteiger partial charge < -0.3 is 14.1 Å². The van der Waals surface area contributed by atoms with Crippen molar-refractivity contribution in [3.8, 4) is 0 Å². The van der Waals surface area contributed by atoms with Crippen LogP contribution in [0.15, 0.2) is 22.8 Å². The van der Waals surface area contributed by atoms with Gasteiger partial charge in [0.1, 0.15) is 5.76 Å². The minimum Gasteiger partial charge on any atom is -0.467 e. The van der Waals surface area contributed by atoms with E-state index < -0.39 is 10.0 Å². The molecule has 3 rings (SSSR count). The van der Waals surface area contributed by atoms with E-state index in [2.05, 4.69) is 0 Å². The molecule has 1 aromatic rings. The monoisotopic (exact) mass is 356 g/mol. The maximum Gasteiger partial charge on any atom is 0.238 e. The number of sulfonamides is 1. The van der Waals surface area contributed by atoms with Crippen LogP contribution in [0, 0.1) is 0 Å². The number of hydrogen-bond donors (Lipinski definition) is 0. The average molecular weight is 356 g/mol. The van der Waals surface area contributed by atoms with Crippen LogP contribution < -0.4 is 0 Å². The lowest BCUT2D eigenvalue weighted by molar-refractivity contribution is -0.134. The van der Waals surface area contributed by atoms with Crippen molar-refractivity contribution in [1.29, 1.82) is 0 Å². The highest BCUT2D eigenvalue weighted by Crippen LogP contribution is 2.29. The second kappa shape index (κ2) is 7.25. The Morgan fingerprint density at radius 2 is 2.12 bits per heavy atom. The molecule has 24 heavy (non-hydrogen) atoms. The molecule has 0 N–H and O–H groups in total. The maximum atomic E-state index is 12.8. The van der Waals surface area contributed by atoms with E-state index in [1.54, 1.807) is 17.2 Å². The van der Waals surface area contributed by atoms with Gasteiger partial charge in [0, 0.05) is 19.2 Å². The van der Waals surface area contributed by atoms with Crippen LogP contribution in [0.1, 0.15) is 31.4 Å². The quantitative estimate of drug-likeness (QED) is 0.699. The molecule has 1 amide bonds. The van der Waals surface area contributed by atoms with E-state index in [-0.39, 0.29) is 24.6 Å². The van der Waals surface area contributed by atoms with E-state index in [0.29, 0.717) is 25.5 Å². The molecule has 8 heteroatoms. The predicted octanol–water partition coefficient (Wildman–Crippen LogP) is 1.21. The van der Waals surface area contributed by atoms with E-state index in [4.69, 9.17) is 9.15 Å². The third-order valence-corrected chi connectivity index (χ3v) is 5.68. The summed E-state index contributed by atoms with van der Waals surface area (Å²) in [7, 11) is -3.39. The van der Waals surface area contributed by atoms with Crippen LogP contribution in [-0.2, 0) is 26.1 Å². The molecule has 0 bridgehead atoms. The highest BCUT2D eigenvalue weighted by molar-refractivity contribution is 7.88. The first-order chi connectivity index (χ1) is 11.4. The SMILES string of the molecule is CS(=O)(=O)N(CC(=O)N(Cc1ccco1)C[C@@H]1CCCO1)C1CC1. The molecule has 134 valence electrons. The minimum atomic E-state index is -3.39. The van der Waals surface area contributed by atoms with Crippen molar-refractivity contribution < 1.29 is 22.4 Å². The number of hydrogen-bond acceptors (Lipinski definition) is 5. The summed E-state index contributed by atoms with van der Waals surface area (Å²) in [6.45, 7) is 1.39. The van der Waals surface area contributed by atoms with Crippen LogP contribution in [0.5, 0.6) is 0 Å². The van der Waals surface area contributed by atoms with E-state index in [9.17, 15) is 13.2 Å². The lowest BCUT2D eigenvalue weighted by Crippen LogP contribution is -2.45. The lowest BCUT2D eigenvalue weighted by atomic mass is 10.2. The van der Waals surface area contributed by atoms with E-state index in [1.165, 1.54) is 4.31 Å². The van der Waals surface area contributed by atoms with Crippen LogP contribution in [0.2, 0.25) is 0 Å². The maximum absolute atomic E-state index is 12.8. The Balaban J connectivity index is 1.69. The normalized spacial score (nSPS) is 21.3. The second-order valence-corrected chi connectivity index (χ2v) is 8.46. The highest BCUT2D eigenvalue weighted by Gasteiger charge is 2.37. The Hall–Kier alpha value is -1.38. The van der Waals surface area contributed by atoms with Crippen molar-refractivity contribution in [2.45, 2.75) is 44.4 Å². The van der Waals surface area contributed by atoms with E-state index in [1.807, 2.05) is 6.07 Å². The van der Waals surface area contributed by atoms with Gasteiger partial charge in [-0.25, -0.2) is 8.42 Å². The van der Waals surface area contributed by atoms with Crippen molar-refractivity contribution >= 4 is 15.9 Å². The standard InChI is InChI=1S/C16H24N2O5S/c1-24(20,21)18(13-6-7-13)12-16(19)17(10-14-4-2-8-22-14)11-15-5-3-9-23-15/h2,4,8,13,15H,3,5-7,9-12H2,1H3/t15-/m0/s1. The first-order valence-electron chi connectivity index (χ1n) is 8.32. The predicted molar refractivity (Wildman–Crippen MR) is 87.7 cm³/mol. The van der Waals surface area contributed by atoms with Gasteiger partial charge in [0.05, 0.1) is 31.7 Å². The molecule has 1 aromatic heterocycles. The summed E-state index contributed by atoms with van der Waals surface area (Å²) in [5.41, 5.74) is 0. The Bertz CT molecular complexity index is 648. The number of ether oxygens (including phenoxy) is 1. The zero-order valence-electron chi connectivity index (χ0n) is 13.9. The van der Waals surface area contributed by atoms with Gasteiger partial charge in [-0.2, -0.15) is 4.31 Å². The number of carbonyl (C=O) groups excluding carboxylic acids is 1. The third kappa shape index (κ3) is 4.58. The lowest BCUT2D eigenvalue weighted by Gasteiger charge is -2.27. The molecule has 1 atom stereocenters. The zero-order valence-corrected chi connectivity index (χ0v) is 14.7. The van der Waals surface area contributed by atoms with Crippen molar-refractivity contribution in [3.05, 3.63) is 24.2 Å². The van der Waals surface area contributed by atoms with E-state index in [0.717, 1.165) is 31.9 Å². The summed E-state index contributed by atoms with van der Waals surface area (Å²) in [5, 5.41) is 0. The Morgan fingerprint density at radius 3 is 2.67 bits per heavy atom. The van der Waals surface area contributed by atoms with Crippen molar-refractivity contribution in [3.63, 3.8) is 0 Å². The molecule has 0 unspecified atom stereocenters. The fourth-order valence-electron chi connectivity index (χ4n) is 2.99. The van der Waals surface area contributed by atoms with E-state index >= 15 is 0 Å². The minimum absolute atomic E-state index is 0.0107. The highest BCUT2D eigenvalue weighted by atomic mass is 32.2. The number of nitrogens with zero attached hydrogens (tertiary/aromatic N) is 2. The van der Waals surface area contributed by atoms with Crippen molar-refractivity contribution in [2.75, 3.05) is 26.0 Å². The molecule has 1 saturated heterocycles. The van der Waals surface area contributed by atoms with Crippen LogP contribution in [0.25, 0.3) is 0 Å². The Labute approximate surface area is 142 Å². The third-order valence-electron chi connectivity index (χ3n) is 4.40. The number of amides is 1. The van der Waals surface area contributed by atoms with Crippen molar-refractivity contribution in [1.82, 2.24) is 9.21 Å². The molecular weight excluding hydrogens is 332 g/mol. The fraction of sp³-hybridized carbons (Fsp3) is 0.688.